The Kier molecular flexibility index (Phi) is 5.88. The molecule has 154 valence electrons. The molecule has 0 radical (unpaired) electrons. The van der Waals surface area contributed by atoms with E-state index in [0.29, 0.717) is 5.76 Å². The van der Waals surface area contributed by atoms with Crippen molar-refractivity contribution in [2.75, 3.05) is 0 Å². The van der Waals surface area contributed by atoms with Crippen LogP contribution in [0, 0.1) is 6.92 Å². The smallest absolute Gasteiger partial charge is 0.265 e. The molecule has 0 aliphatic heterocycles. The van der Waals surface area contributed by atoms with Crippen molar-refractivity contribution in [1.29, 1.82) is 0 Å². The first-order valence-electron chi connectivity index (χ1n) is 9.28. The fraction of sp³-hybridized carbons (Fsp3) is 0.400. The van der Waals surface area contributed by atoms with Crippen molar-refractivity contribution >= 4 is 34.3 Å². The van der Waals surface area contributed by atoms with E-state index in [1.165, 1.54) is 10.9 Å². The van der Waals surface area contributed by atoms with Crippen LogP contribution in [0.25, 0.3) is 11.1 Å². The van der Waals surface area contributed by atoms with E-state index in [-0.39, 0.29) is 46.1 Å². The lowest BCUT2D eigenvalue weighted by atomic mass is 10.0. The van der Waals surface area contributed by atoms with Gasteiger partial charge in [0.05, 0.1) is 11.5 Å². The number of hydrogen-bond donors (Lipinski definition) is 2. The molecule has 2 amide bonds. The molecule has 3 heterocycles. The Balaban J connectivity index is 1.73. The molecule has 0 spiro atoms. The molecule has 3 aromatic rings. The average molecular weight is 417 g/mol. The molecule has 0 saturated carbocycles. The molecular weight excluding hydrogens is 392 g/mol. The van der Waals surface area contributed by atoms with Crippen molar-refractivity contribution in [3.05, 3.63) is 50.4 Å². The third kappa shape index (κ3) is 4.09. The van der Waals surface area contributed by atoms with Crippen LogP contribution in [0.15, 0.2) is 32.4 Å². The van der Waals surface area contributed by atoms with Gasteiger partial charge in [0, 0.05) is 19.1 Å². The zero-order valence-electron chi connectivity index (χ0n) is 17.0. The van der Waals surface area contributed by atoms with Gasteiger partial charge >= 0.3 is 0 Å². The van der Waals surface area contributed by atoms with Crippen molar-refractivity contribution in [2.45, 2.75) is 45.7 Å². The number of nitrogens with zero attached hydrogens (tertiary/aromatic N) is 2. The Morgan fingerprint density at radius 3 is 2.55 bits per heavy atom. The fourth-order valence-corrected chi connectivity index (χ4v) is 3.77. The van der Waals surface area contributed by atoms with Crippen LogP contribution in [-0.4, -0.2) is 33.4 Å². The second-order valence-corrected chi connectivity index (χ2v) is 7.99. The molecule has 0 saturated heterocycles. The van der Waals surface area contributed by atoms with E-state index in [4.69, 9.17) is 4.42 Å². The standard InChI is InChI=1S/C20H24N4O4S/c1-10(14-6-7-29-8-14)17(25)22-11(2)12(3)23-18(26)15-13(4)28-19-16(15)20(27)24(5)9-21-19/h6-12H,1-5H3,(H,22,25)(H,23,26). The number of thiophene rings is 1. The number of carbonyl (C=O) groups is 2. The summed E-state index contributed by atoms with van der Waals surface area (Å²) < 4.78 is 6.78. The molecule has 8 nitrogen and oxygen atoms in total. The van der Waals surface area contributed by atoms with Gasteiger partial charge in [-0.2, -0.15) is 11.3 Å². The van der Waals surface area contributed by atoms with Crippen LogP contribution in [0.4, 0.5) is 0 Å². The summed E-state index contributed by atoms with van der Waals surface area (Å²) in [6.45, 7) is 7.09. The first-order chi connectivity index (χ1) is 13.7. The first-order valence-corrected chi connectivity index (χ1v) is 10.2. The maximum atomic E-state index is 12.9. The SMILES string of the molecule is Cc1oc2ncn(C)c(=O)c2c1C(=O)NC(C)C(C)NC(=O)C(C)c1ccsc1. The van der Waals surface area contributed by atoms with E-state index in [2.05, 4.69) is 15.6 Å². The highest BCUT2D eigenvalue weighted by atomic mass is 32.1. The Morgan fingerprint density at radius 1 is 1.21 bits per heavy atom. The van der Waals surface area contributed by atoms with E-state index < -0.39 is 5.91 Å². The number of nitrogens with one attached hydrogen (secondary N) is 2. The molecule has 0 aliphatic rings. The number of rotatable bonds is 6. The van der Waals surface area contributed by atoms with Gasteiger partial charge in [-0.15, -0.1) is 0 Å². The Hall–Kier alpha value is -2.94. The molecule has 9 heteroatoms. The van der Waals surface area contributed by atoms with Gasteiger partial charge in [-0.3, -0.25) is 14.4 Å². The molecule has 3 rings (SSSR count). The van der Waals surface area contributed by atoms with Gasteiger partial charge < -0.3 is 19.6 Å². The van der Waals surface area contributed by atoms with Gasteiger partial charge in [0.25, 0.3) is 11.5 Å². The second kappa shape index (κ2) is 8.20. The summed E-state index contributed by atoms with van der Waals surface area (Å²) in [7, 11) is 1.56. The lowest BCUT2D eigenvalue weighted by Gasteiger charge is -2.24. The summed E-state index contributed by atoms with van der Waals surface area (Å²) in [6, 6.07) is 1.24. The molecule has 29 heavy (non-hydrogen) atoms. The molecule has 0 fully saturated rings. The molecule has 3 unspecified atom stereocenters. The number of aromatic nitrogens is 2. The van der Waals surface area contributed by atoms with Gasteiger partial charge in [-0.1, -0.05) is 0 Å². The zero-order valence-corrected chi connectivity index (χ0v) is 17.8. The number of fused-ring (bicyclic) bond motifs is 1. The van der Waals surface area contributed by atoms with Crippen molar-refractivity contribution < 1.29 is 14.0 Å². The van der Waals surface area contributed by atoms with Gasteiger partial charge in [-0.25, -0.2) is 4.98 Å². The Morgan fingerprint density at radius 2 is 1.90 bits per heavy atom. The van der Waals surface area contributed by atoms with E-state index in [1.807, 2.05) is 30.7 Å². The zero-order chi connectivity index (χ0) is 21.3. The van der Waals surface area contributed by atoms with E-state index in [1.54, 1.807) is 32.2 Å². The van der Waals surface area contributed by atoms with Gasteiger partial charge in [0.2, 0.25) is 11.6 Å². The number of aryl methyl sites for hydroxylation is 2. The first kappa shape index (κ1) is 20.8. The largest absolute Gasteiger partial charge is 0.442 e. The van der Waals surface area contributed by atoms with Gasteiger partial charge in [-0.05, 0) is 50.1 Å². The molecule has 0 aliphatic carbocycles. The number of hydrogen-bond acceptors (Lipinski definition) is 6. The Bertz CT molecular complexity index is 1100. The molecule has 3 atom stereocenters. The minimum absolute atomic E-state index is 0.111. The minimum Gasteiger partial charge on any atom is -0.442 e. The summed E-state index contributed by atoms with van der Waals surface area (Å²) in [4.78, 5) is 41.9. The predicted molar refractivity (Wildman–Crippen MR) is 111 cm³/mol. The monoisotopic (exact) mass is 416 g/mol. The summed E-state index contributed by atoms with van der Waals surface area (Å²) in [5.74, 6) is -0.505. The lowest BCUT2D eigenvalue weighted by molar-refractivity contribution is -0.123. The van der Waals surface area contributed by atoms with Crippen LogP contribution in [-0.2, 0) is 11.8 Å². The lowest BCUT2D eigenvalue weighted by Crippen LogP contribution is -2.49. The summed E-state index contributed by atoms with van der Waals surface area (Å²) in [5.41, 5.74) is 0.913. The maximum Gasteiger partial charge on any atom is 0.265 e. The predicted octanol–water partition coefficient (Wildman–Crippen LogP) is 2.32. The molecule has 3 aromatic heterocycles. The van der Waals surface area contributed by atoms with Crippen molar-refractivity contribution in [2.24, 2.45) is 7.05 Å². The van der Waals surface area contributed by atoms with Crippen LogP contribution >= 0.6 is 11.3 Å². The molecular formula is C20H24N4O4S. The highest BCUT2D eigenvalue weighted by Crippen LogP contribution is 2.21. The second-order valence-electron chi connectivity index (χ2n) is 7.21. The Labute approximate surface area is 171 Å². The molecule has 0 bridgehead atoms. The van der Waals surface area contributed by atoms with Crippen molar-refractivity contribution in [3.63, 3.8) is 0 Å². The van der Waals surface area contributed by atoms with Gasteiger partial charge in [0.15, 0.2) is 0 Å². The third-order valence-corrected chi connectivity index (χ3v) is 5.79. The van der Waals surface area contributed by atoms with E-state index >= 15 is 0 Å². The van der Waals surface area contributed by atoms with Crippen molar-refractivity contribution in [1.82, 2.24) is 20.2 Å². The number of furan rings is 1. The minimum atomic E-state index is -0.439. The topological polar surface area (TPSA) is 106 Å². The van der Waals surface area contributed by atoms with Crippen LogP contribution in [0.5, 0.6) is 0 Å². The molecule has 2 N–H and O–H groups in total. The summed E-state index contributed by atoms with van der Waals surface area (Å²) in [5, 5.41) is 9.82. The van der Waals surface area contributed by atoms with Crippen LogP contribution < -0.4 is 16.2 Å². The highest BCUT2D eigenvalue weighted by Gasteiger charge is 2.26. The maximum absolute atomic E-state index is 12.9. The van der Waals surface area contributed by atoms with Crippen LogP contribution in [0.2, 0.25) is 0 Å². The normalized spacial score (nSPS) is 14.4. The summed E-state index contributed by atoms with van der Waals surface area (Å²) in [6.07, 6.45) is 1.35. The number of amides is 2. The van der Waals surface area contributed by atoms with Gasteiger partial charge in [0.1, 0.15) is 17.5 Å². The quantitative estimate of drug-likeness (QED) is 0.641. The highest BCUT2D eigenvalue weighted by molar-refractivity contribution is 7.08. The number of carbonyl (C=O) groups excluding carboxylic acids is 2. The van der Waals surface area contributed by atoms with E-state index in [9.17, 15) is 14.4 Å². The summed E-state index contributed by atoms with van der Waals surface area (Å²) >= 11 is 1.54. The fourth-order valence-electron chi connectivity index (χ4n) is 3.01. The van der Waals surface area contributed by atoms with Crippen molar-refractivity contribution in [3.8, 4) is 0 Å². The average Bonchev–Trinajstić information content (AvgIpc) is 3.31. The third-order valence-electron chi connectivity index (χ3n) is 5.09. The molecule has 0 aromatic carbocycles. The van der Waals surface area contributed by atoms with E-state index in [0.717, 1.165) is 5.56 Å². The van der Waals surface area contributed by atoms with Crippen LogP contribution in [0.3, 0.4) is 0 Å². The van der Waals surface area contributed by atoms with Crippen LogP contribution in [0.1, 0.15) is 48.4 Å².